The van der Waals surface area contributed by atoms with Gasteiger partial charge in [-0.25, -0.2) is 0 Å². The molecule has 0 fully saturated rings. The van der Waals surface area contributed by atoms with Crippen molar-refractivity contribution in [2.45, 2.75) is 25.6 Å². The molecule has 1 atom stereocenters. The molecule has 0 bridgehead atoms. The van der Waals surface area contributed by atoms with E-state index in [9.17, 15) is 13.2 Å². The molecule has 102 valence electrons. The van der Waals surface area contributed by atoms with Crippen molar-refractivity contribution in [3.05, 3.63) is 24.3 Å². The van der Waals surface area contributed by atoms with E-state index in [0.29, 0.717) is 12.4 Å². The largest absolute Gasteiger partial charge is 0.494 e. The molecule has 0 radical (unpaired) electrons. The Bertz CT molecular complexity index is 351. The molecule has 1 unspecified atom stereocenters. The Morgan fingerprint density at radius 1 is 1.17 bits per heavy atom. The zero-order chi connectivity index (χ0) is 13.6. The Balaban J connectivity index is 2.69. The van der Waals surface area contributed by atoms with Crippen molar-refractivity contribution in [2.24, 2.45) is 5.73 Å². The standard InChI is InChI=1S/C12H16F3NO2/c1-2-17-9-3-5-10(6-4-9)18-11(7-8-16)12(13,14)15/h3-6,11H,2,7-8,16H2,1H3. The number of nitrogens with two attached hydrogens (primary N) is 1. The van der Waals surface area contributed by atoms with E-state index in [1.54, 1.807) is 12.1 Å². The van der Waals surface area contributed by atoms with Gasteiger partial charge in [-0.3, -0.25) is 0 Å². The Morgan fingerprint density at radius 2 is 1.72 bits per heavy atom. The summed E-state index contributed by atoms with van der Waals surface area (Å²) in [6.45, 7) is 2.24. The fraction of sp³-hybridized carbons (Fsp3) is 0.500. The number of ether oxygens (including phenoxy) is 2. The molecule has 1 aromatic carbocycles. The molecule has 0 aliphatic heterocycles. The fourth-order valence-corrected chi connectivity index (χ4v) is 1.39. The molecular formula is C12H16F3NO2. The molecule has 18 heavy (non-hydrogen) atoms. The van der Waals surface area contributed by atoms with Crippen molar-refractivity contribution in [3.8, 4) is 11.5 Å². The first-order valence-corrected chi connectivity index (χ1v) is 5.63. The summed E-state index contributed by atoms with van der Waals surface area (Å²) in [5.74, 6) is 0.737. The summed E-state index contributed by atoms with van der Waals surface area (Å²) in [4.78, 5) is 0. The van der Waals surface area contributed by atoms with Crippen molar-refractivity contribution < 1.29 is 22.6 Å². The molecule has 0 aromatic heterocycles. The van der Waals surface area contributed by atoms with Crippen LogP contribution < -0.4 is 15.2 Å². The molecule has 1 rings (SSSR count). The van der Waals surface area contributed by atoms with Crippen LogP contribution in [-0.2, 0) is 0 Å². The first kappa shape index (κ1) is 14.6. The highest BCUT2D eigenvalue weighted by atomic mass is 19.4. The van der Waals surface area contributed by atoms with E-state index in [1.807, 2.05) is 6.92 Å². The van der Waals surface area contributed by atoms with Gasteiger partial charge < -0.3 is 15.2 Å². The lowest BCUT2D eigenvalue weighted by Crippen LogP contribution is -2.36. The number of halogens is 3. The van der Waals surface area contributed by atoms with Crippen LogP contribution in [0.15, 0.2) is 24.3 Å². The average Bonchev–Trinajstić information content (AvgIpc) is 2.30. The minimum absolute atomic E-state index is 0.0821. The van der Waals surface area contributed by atoms with Gasteiger partial charge in [0.05, 0.1) is 6.61 Å². The highest BCUT2D eigenvalue weighted by Crippen LogP contribution is 2.28. The molecule has 0 spiro atoms. The summed E-state index contributed by atoms with van der Waals surface area (Å²) in [5, 5.41) is 0. The number of rotatable bonds is 6. The van der Waals surface area contributed by atoms with Crippen LogP contribution in [0.2, 0.25) is 0 Å². The van der Waals surface area contributed by atoms with E-state index in [2.05, 4.69) is 0 Å². The maximum absolute atomic E-state index is 12.6. The van der Waals surface area contributed by atoms with Crippen LogP contribution in [0.5, 0.6) is 11.5 Å². The summed E-state index contributed by atoms with van der Waals surface area (Å²) in [5.41, 5.74) is 5.14. The van der Waals surface area contributed by atoms with Crippen molar-refractivity contribution in [1.29, 1.82) is 0 Å². The van der Waals surface area contributed by atoms with Gasteiger partial charge in [0.1, 0.15) is 11.5 Å². The van der Waals surface area contributed by atoms with Gasteiger partial charge in [-0.1, -0.05) is 0 Å². The summed E-state index contributed by atoms with van der Waals surface area (Å²) >= 11 is 0. The van der Waals surface area contributed by atoms with Gasteiger partial charge in [-0.2, -0.15) is 13.2 Å². The number of alkyl halides is 3. The number of hydrogen-bond donors (Lipinski definition) is 1. The normalized spacial score (nSPS) is 13.2. The molecule has 0 aliphatic rings. The molecule has 2 N–H and O–H groups in total. The summed E-state index contributed by atoms with van der Waals surface area (Å²) in [7, 11) is 0. The third-order valence-corrected chi connectivity index (χ3v) is 2.21. The Morgan fingerprint density at radius 3 is 2.17 bits per heavy atom. The SMILES string of the molecule is CCOc1ccc(OC(CCN)C(F)(F)F)cc1. The number of benzene rings is 1. The molecule has 0 aliphatic carbocycles. The maximum atomic E-state index is 12.6. The predicted molar refractivity (Wildman–Crippen MR) is 61.8 cm³/mol. The molecule has 0 amide bonds. The van der Waals surface area contributed by atoms with Crippen LogP contribution in [0.1, 0.15) is 13.3 Å². The molecule has 3 nitrogen and oxygen atoms in total. The van der Waals surface area contributed by atoms with E-state index >= 15 is 0 Å². The van der Waals surface area contributed by atoms with E-state index in [0.717, 1.165) is 0 Å². The van der Waals surface area contributed by atoms with Crippen molar-refractivity contribution in [3.63, 3.8) is 0 Å². The lowest BCUT2D eigenvalue weighted by atomic mass is 10.2. The third kappa shape index (κ3) is 4.44. The quantitative estimate of drug-likeness (QED) is 0.858. The smallest absolute Gasteiger partial charge is 0.425 e. The predicted octanol–water partition coefficient (Wildman–Crippen LogP) is 2.74. The monoisotopic (exact) mass is 263 g/mol. The van der Waals surface area contributed by atoms with Crippen LogP contribution in [0, 0.1) is 0 Å². The average molecular weight is 263 g/mol. The third-order valence-electron chi connectivity index (χ3n) is 2.21. The van der Waals surface area contributed by atoms with E-state index in [1.165, 1.54) is 12.1 Å². The van der Waals surface area contributed by atoms with Gasteiger partial charge in [0.25, 0.3) is 0 Å². The molecule has 1 aromatic rings. The first-order chi connectivity index (χ1) is 8.47. The highest BCUT2D eigenvalue weighted by Gasteiger charge is 2.41. The van der Waals surface area contributed by atoms with Crippen LogP contribution in [0.3, 0.4) is 0 Å². The summed E-state index contributed by atoms with van der Waals surface area (Å²) in [6, 6.07) is 6.02. The second-order valence-corrected chi connectivity index (χ2v) is 3.63. The number of hydrogen-bond acceptors (Lipinski definition) is 3. The highest BCUT2D eigenvalue weighted by molar-refractivity contribution is 5.31. The lowest BCUT2D eigenvalue weighted by Gasteiger charge is -2.21. The maximum Gasteiger partial charge on any atom is 0.425 e. The van der Waals surface area contributed by atoms with Gasteiger partial charge in [0.2, 0.25) is 0 Å². The molecule has 0 heterocycles. The van der Waals surface area contributed by atoms with Gasteiger partial charge in [-0.05, 0) is 37.7 Å². The minimum atomic E-state index is -4.42. The van der Waals surface area contributed by atoms with E-state index < -0.39 is 12.3 Å². The Kier molecular flexibility index (Phi) is 5.27. The molecular weight excluding hydrogens is 247 g/mol. The topological polar surface area (TPSA) is 44.5 Å². The molecule has 6 heteroatoms. The summed E-state index contributed by atoms with van der Waals surface area (Å²) in [6.07, 6.45) is -6.56. The van der Waals surface area contributed by atoms with Crippen molar-refractivity contribution in [1.82, 2.24) is 0 Å². The van der Waals surface area contributed by atoms with Gasteiger partial charge in [0, 0.05) is 6.42 Å². The van der Waals surface area contributed by atoms with Crippen molar-refractivity contribution >= 4 is 0 Å². The second-order valence-electron chi connectivity index (χ2n) is 3.63. The van der Waals surface area contributed by atoms with E-state index in [-0.39, 0.29) is 18.7 Å². The van der Waals surface area contributed by atoms with Gasteiger partial charge in [0.15, 0.2) is 6.10 Å². The van der Waals surface area contributed by atoms with Gasteiger partial charge in [-0.15, -0.1) is 0 Å². The molecule has 0 saturated heterocycles. The zero-order valence-electron chi connectivity index (χ0n) is 10.0. The van der Waals surface area contributed by atoms with Crippen LogP contribution >= 0.6 is 0 Å². The Labute approximate surface area is 104 Å². The minimum Gasteiger partial charge on any atom is -0.494 e. The lowest BCUT2D eigenvalue weighted by molar-refractivity contribution is -0.196. The van der Waals surface area contributed by atoms with Crippen LogP contribution in [0.25, 0.3) is 0 Å². The van der Waals surface area contributed by atoms with Gasteiger partial charge >= 0.3 is 6.18 Å². The summed E-state index contributed by atoms with van der Waals surface area (Å²) < 4.78 is 47.8. The van der Waals surface area contributed by atoms with Crippen LogP contribution in [-0.4, -0.2) is 25.4 Å². The van der Waals surface area contributed by atoms with Crippen LogP contribution in [0.4, 0.5) is 13.2 Å². The Hall–Kier alpha value is -1.43. The first-order valence-electron chi connectivity index (χ1n) is 5.63. The molecule has 0 saturated carbocycles. The van der Waals surface area contributed by atoms with Crippen molar-refractivity contribution in [2.75, 3.05) is 13.2 Å². The zero-order valence-corrected chi connectivity index (χ0v) is 10.0. The van der Waals surface area contributed by atoms with E-state index in [4.69, 9.17) is 15.2 Å². The second kappa shape index (κ2) is 6.49. The fourth-order valence-electron chi connectivity index (χ4n) is 1.39.